The minimum absolute atomic E-state index is 0.0471. The standard InChI is InChI=1S/C28H31Cl2N3O4S/c1-4-26(28(35)31-5-2)32(18-21-8-10-22(29)11-9-21)27(34)19-33(24-14-12-23(30)13-15-24)38(36,37)25-16-6-20(3)7-17-25/h6-17,26H,4-5,18-19H2,1-3H3,(H,31,35)/t26-/m1/s1. The first-order chi connectivity index (χ1) is 18.1. The van der Waals surface area contributed by atoms with Gasteiger partial charge in [-0.15, -0.1) is 0 Å². The molecule has 0 bridgehead atoms. The van der Waals surface area contributed by atoms with Crippen LogP contribution in [0.25, 0.3) is 0 Å². The molecule has 0 aliphatic carbocycles. The van der Waals surface area contributed by atoms with Crippen LogP contribution in [0, 0.1) is 6.92 Å². The molecule has 0 unspecified atom stereocenters. The van der Waals surface area contributed by atoms with E-state index in [1.807, 2.05) is 13.8 Å². The molecular formula is C28H31Cl2N3O4S. The number of hydrogen-bond donors (Lipinski definition) is 1. The van der Waals surface area contributed by atoms with E-state index >= 15 is 0 Å². The number of rotatable bonds is 11. The van der Waals surface area contributed by atoms with Crippen molar-refractivity contribution in [1.82, 2.24) is 10.2 Å². The van der Waals surface area contributed by atoms with E-state index in [0.717, 1.165) is 15.4 Å². The minimum atomic E-state index is -4.13. The van der Waals surface area contributed by atoms with Gasteiger partial charge in [0.15, 0.2) is 0 Å². The fourth-order valence-electron chi connectivity index (χ4n) is 3.97. The van der Waals surface area contributed by atoms with Crippen LogP contribution in [-0.4, -0.2) is 44.3 Å². The second kappa shape index (κ2) is 13.1. The highest BCUT2D eigenvalue weighted by atomic mass is 35.5. The Morgan fingerprint density at radius 1 is 0.868 bits per heavy atom. The van der Waals surface area contributed by atoms with Gasteiger partial charge in [0.25, 0.3) is 10.0 Å². The van der Waals surface area contributed by atoms with Gasteiger partial charge in [0.1, 0.15) is 12.6 Å². The highest BCUT2D eigenvalue weighted by Gasteiger charge is 2.33. The van der Waals surface area contributed by atoms with Crippen LogP contribution in [0.1, 0.15) is 31.4 Å². The minimum Gasteiger partial charge on any atom is -0.355 e. The Morgan fingerprint density at radius 2 is 1.42 bits per heavy atom. The summed E-state index contributed by atoms with van der Waals surface area (Å²) in [6, 6.07) is 18.8. The first-order valence-electron chi connectivity index (χ1n) is 12.2. The maximum atomic E-state index is 13.9. The van der Waals surface area contributed by atoms with Crippen molar-refractivity contribution < 1.29 is 18.0 Å². The largest absolute Gasteiger partial charge is 0.355 e. The van der Waals surface area contributed by atoms with Gasteiger partial charge < -0.3 is 10.2 Å². The maximum absolute atomic E-state index is 13.9. The van der Waals surface area contributed by atoms with E-state index in [1.165, 1.54) is 17.0 Å². The molecule has 3 aromatic rings. The van der Waals surface area contributed by atoms with Crippen molar-refractivity contribution in [3.8, 4) is 0 Å². The Labute approximate surface area is 234 Å². The summed E-state index contributed by atoms with van der Waals surface area (Å²) < 4.78 is 28.6. The van der Waals surface area contributed by atoms with Gasteiger partial charge in [-0.05, 0) is 74.4 Å². The number of anilines is 1. The third-order valence-corrected chi connectivity index (χ3v) is 8.30. The number of sulfonamides is 1. The number of aryl methyl sites for hydroxylation is 1. The quantitative estimate of drug-likeness (QED) is 0.330. The number of amides is 2. The number of halogens is 2. The summed E-state index contributed by atoms with van der Waals surface area (Å²) >= 11 is 12.1. The molecule has 1 atom stereocenters. The summed E-state index contributed by atoms with van der Waals surface area (Å²) in [4.78, 5) is 28.3. The summed E-state index contributed by atoms with van der Waals surface area (Å²) in [5, 5.41) is 3.75. The average Bonchev–Trinajstić information content (AvgIpc) is 2.89. The molecule has 10 heteroatoms. The lowest BCUT2D eigenvalue weighted by atomic mass is 10.1. The highest BCUT2D eigenvalue weighted by Crippen LogP contribution is 2.26. The lowest BCUT2D eigenvalue weighted by molar-refractivity contribution is -0.140. The third kappa shape index (κ3) is 7.28. The monoisotopic (exact) mass is 575 g/mol. The molecule has 0 fully saturated rings. The molecule has 0 spiro atoms. The zero-order chi connectivity index (χ0) is 27.9. The van der Waals surface area contributed by atoms with Crippen LogP contribution in [0.15, 0.2) is 77.7 Å². The van der Waals surface area contributed by atoms with E-state index in [1.54, 1.807) is 67.6 Å². The topological polar surface area (TPSA) is 86.8 Å². The Balaban J connectivity index is 2.04. The number of carbonyl (C=O) groups is 2. The Kier molecular flexibility index (Phi) is 10.2. The molecule has 3 aromatic carbocycles. The van der Waals surface area contributed by atoms with Gasteiger partial charge in [-0.2, -0.15) is 0 Å². The van der Waals surface area contributed by atoms with Crippen molar-refractivity contribution in [1.29, 1.82) is 0 Å². The first-order valence-corrected chi connectivity index (χ1v) is 14.4. The normalized spacial score (nSPS) is 12.0. The molecule has 0 saturated heterocycles. The molecule has 0 radical (unpaired) electrons. The second-order valence-corrected chi connectivity index (χ2v) is 11.5. The summed E-state index contributed by atoms with van der Waals surface area (Å²) in [5.41, 5.74) is 1.94. The molecule has 1 N–H and O–H groups in total. The molecule has 0 aliphatic rings. The number of benzene rings is 3. The summed E-state index contributed by atoms with van der Waals surface area (Å²) in [5.74, 6) is -0.833. The van der Waals surface area contributed by atoms with Crippen molar-refractivity contribution in [2.75, 3.05) is 17.4 Å². The number of likely N-dealkylation sites (N-methyl/N-ethyl adjacent to an activating group) is 1. The lowest BCUT2D eigenvalue weighted by Crippen LogP contribution is -2.52. The summed E-state index contributed by atoms with van der Waals surface area (Å²) in [7, 11) is -4.13. The zero-order valence-corrected chi connectivity index (χ0v) is 23.9. The molecule has 2 amide bonds. The molecule has 0 saturated carbocycles. The van der Waals surface area contributed by atoms with Crippen molar-refractivity contribution in [2.24, 2.45) is 0 Å². The summed E-state index contributed by atoms with van der Waals surface area (Å²) in [6.45, 7) is 5.45. The number of carbonyl (C=O) groups excluding carboxylic acids is 2. The van der Waals surface area contributed by atoms with E-state index < -0.39 is 28.5 Å². The van der Waals surface area contributed by atoms with Gasteiger partial charge in [0.05, 0.1) is 10.6 Å². The summed E-state index contributed by atoms with van der Waals surface area (Å²) in [6.07, 6.45) is 0.344. The van der Waals surface area contributed by atoms with Gasteiger partial charge in [0.2, 0.25) is 11.8 Å². The molecule has 38 heavy (non-hydrogen) atoms. The predicted octanol–water partition coefficient (Wildman–Crippen LogP) is 5.44. The number of nitrogens with zero attached hydrogens (tertiary/aromatic N) is 2. The van der Waals surface area contributed by atoms with E-state index in [-0.39, 0.29) is 23.0 Å². The Bertz CT molecular complexity index is 1350. The maximum Gasteiger partial charge on any atom is 0.264 e. The first kappa shape index (κ1) is 29.5. The molecule has 3 rings (SSSR count). The fourth-order valence-corrected chi connectivity index (χ4v) is 5.64. The third-order valence-electron chi connectivity index (χ3n) is 6.01. The van der Waals surface area contributed by atoms with Crippen LogP contribution in [0.5, 0.6) is 0 Å². The predicted molar refractivity (Wildman–Crippen MR) is 152 cm³/mol. The van der Waals surface area contributed by atoms with E-state index in [2.05, 4.69) is 5.32 Å². The van der Waals surface area contributed by atoms with Crippen LogP contribution >= 0.6 is 23.2 Å². The molecule has 202 valence electrons. The van der Waals surface area contributed by atoms with Crippen molar-refractivity contribution in [2.45, 2.75) is 44.7 Å². The smallest absolute Gasteiger partial charge is 0.264 e. The van der Waals surface area contributed by atoms with Crippen LogP contribution in [0.3, 0.4) is 0 Å². The van der Waals surface area contributed by atoms with Crippen LogP contribution in [-0.2, 0) is 26.2 Å². The van der Waals surface area contributed by atoms with Crippen molar-refractivity contribution in [3.63, 3.8) is 0 Å². The van der Waals surface area contributed by atoms with E-state index in [9.17, 15) is 18.0 Å². The molecule has 0 aliphatic heterocycles. The van der Waals surface area contributed by atoms with Crippen LogP contribution in [0.2, 0.25) is 10.0 Å². The Hall–Kier alpha value is -3.07. The number of nitrogens with one attached hydrogen (secondary N) is 1. The Morgan fingerprint density at radius 3 is 1.95 bits per heavy atom. The van der Waals surface area contributed by atoms with Gasteiger partial charge in [0, 0.05) is 23.1 Å². The second-order valence-electron chi connectivity index (χ2n) is 8.77. The van der Waals surface area contributed by atoms with Crippen LogP contribution < -0.4 is 9.62 Å². The van der Waals surface area contributed by atoms with E-state index in [0.29, 0.717) is 23.0 Å². The molecule has 0 heterocycles. The highest BCUT2D eigenvalue weighted by molar-refractivity contribution is 7.92. The number of hydrogen-bond acceptors (Lipinski definition) is 4. The van der Waals surface area contributed by atoms with Gasteiger partial charge >= 0.3 is 0 Å². The average molecular weight is 577 g/mol. The fraction of sp³-hybridized carbons (Fsp3) is 0.286. The molecular weight excluding hydrogens is 545 g/mol. The van der Waals surface area contributed by atoms with Crippen molar-refractivity contribution >= 4 is 50.7 Å². The van der Waals surface area contributed by atoms with Gasteiger partial charge in [-0.25, -0.2) is 8.42 Å². The van der Waals surface area contributed by atoms with Crippen LogP contribution in [0.4, 0.5) is 5.69 Å². The molecule has 0 aromatic heterocycles. The van der Waals surface area contributed by atoms with E-state index in [4.69, 9.17) is 23.2 Å². The van der Waals surface area contributed by atoms with Gasteiger partial charge in [-0.1, -0.05) is 60.0 Å². The SMILES string of the molecule is CCNC(=O)[C@@H](CC)N(Cc1ccc(Cl)cc1)C(=O)CN(c1ccc(Cl)cc1)S(=O)(=O)c1ccc(C)cc1. The zero-order valence-electron chi connectivity index (χ0n) is 21.5. The molecule has 7 nitrogen and oxygen atoms in total. The van der Waals surface area contributed by atoms with Gasteiger partial charge in [-0.3, -0.25) is 13.9 Å². The van der Waals surface area contributed by atoms with Crippen molar-refractivity contribution in [3.05, 3.63) is 94.0 Å². The lowest BCUT2D eigenvalue weighted by Gasteiger charge is -2.33.